The Morgan fingerprint density at radius 3 is 2.50 bits per heavy atom. The van der Waals surface area contributed by atoms with Crippen LogP contribution in [0.5, 0.6) is 0 Å². The number of carbonyl (C=O) groups is 1. The Kier molecular flexibility index (Phi) is 6.06. The van der Waals surface area contributed by atoms with E-state index in [1.165, 1.54) is 0 Å². The largest absolute Gasteiger partial charge is 0.384 e. The molecule has 6 nitrogen and oxygen atoms in total. The third-order valence-corrected chi connectivity index (χ3v) is 4.15. The first-order valence-corrected chi connectivity index (χ1v) is 8.51. The number of amides is 1. The quantitative estimate of drug-likeness (QED) is 0.395. The van der Waals surface area contributed by atoms with Gasteiger partial charge in [-0.2, -0.15) is 0 Å². The lowest BCUT2D eigenvalue weighted by Crippen LogP contribution is -2.51. The minimum absolute atomic E-state index is 0.0460. The molecule has 1 saturated heterocycles. The molecular formula is C18H27N5O. The van der Waals surface area contributed by atoms with Gasteiger partial charge in [-0.25, -0.2) is 0 Å². The average Bonchev–Trinajstić information content (AvgIpc) is 2.53. The number of benzene rings is 1. The van der Waals surface area contributed by atoms with Gasteiger partial charge in [0, 0.05) is 12.5 Å². The first-order chi connectivity index (χ1) is 11.4. The molecule has 0 spiro atoms. The second-order valence-electron chi connectivity index (χ2n) is 6.76. The fourth-order valence-corrected chi connectivity index (χ4v) is 3.04. The number of nitrogens with two attached hydrogens (primary N) is 1. The van der Waals surface area contributed by atoms with E-state index in [1.807, 2.05) is 44.7 Å². The van der Waals surface area contributed by atoms with Crippen molar-refractivity contribution >= 4 is 17.4 Å². The first-order valence-electron chi connectivity index (χ1n) is 8.51. The number of rotatable bonds is 4. The van der Waals surface area contributed by atoms with Crippen LogP contribution < -0.4 is 5.73 Å². The van der Waals surface area contributed by atoms with Crippen LogP contribution in [0.1, 0.15) is 44.2 Å². The Balaban J connectivity index is 2.12. The molecule has 130 valence electrons. The van der Waals surface area contributed by atoms with Crippen molar-refractivity contribution in [1.82, 2.24) is 4.90 Å². The smallest absolute Gasteiger partial charge is 0.225 e. The normalized spacial score (nSPS) is 19.3. The number of aryl methyl sites for hydroxylation is 2. The number of piperidine rings is 1. The molecule has 1 aliphatic heterocycles. The number of nitrogens with zero attached hydrogens (tertiary/aromatic N) is 4. The predicted molar refractivity (Wildman–Crippen MR) is 96.2 cm³/mol. The van der Waals surface area contributed by atoms with Gasteiger partial charge < -0.3 is 10.6 Å². The SMILES string of the molecule is Cc1cc(C)cc(N=NN=C(N)C2CCCCN2C(=O)C(C)C)c1. The molecule has 0 aliphatic carbocycles. The van der Waals surface area contributed by atoms with E-state index >= 15 is 0 Å². The summed E-state index contributed by atoms with van der Waals surface area (Å²) in [4.78, 5) is 14.2. The molecule has 1 fully saturated rings. The van der Waals surface area contributed by atoms with Crippen molar-refractivity contribution in [3.8, 4) is 0 Å². The number of amidine groups is 1. The minimum atomic E-state index is -0.174. The number of likely N-dealkylation sites (tertiary alicyclic amines) is 1. The highest BCUT2D eigenvalue weighted by Crippen LogP contribution is 2.20. The second kappa shape index (κ2) is 8.04. The second-order valence-corrected chi connectivity index (χ2v) is 6.76. The lowest BCUT2D eigenvalue weighted by molar-refractivity contribution is -0.136. The van der Waals surface area contributed by atoms with E-state index in [-0.39, 0.29) is 17.9 Å². The maximum Gasteiger partial charge on any atom is 0.225 e. The molecule has 0 saturated carbocycles. The van der Waals surface area contributed by atoms with Gasteiger partial charge in [0.15, 0.2) is 0 Å². The van der Waals surface area contributed by atoms with Crippen LogP contribution in [0.3, 0.4) is 0 Å². The van der Waals surface area contributed by atoms with E-state index in [2.05, 4.69) is 21.5 Å². The maximum absolute atomic E-state index is 12.3. The van der Waals surface area contributed by atoms with Gasteiger partial charge in [0.25, 0.3) is 0 Å². The monoisotopic (exact) mass is 329 g/mol. The van der Waals surface area contributed by atoms with Crippen LogP contribution in [-0.2, 0) is 4.79 Å². The van der Waals surface area contributed by atoms with Gasteiger partial charge in [-0.05, 0) is 61.6 Å². The van der Waals surface area contributed by atoms with E-state index in [0.717, 1.165) is 42.6 Å². The number of hydrogen-bond acceptors (Lipinski definition) is 3. The van der Waals surface area contributed by atoms with Crippen LogP contribution in [-0.4, -0.2) is 29.2 Å². The molecule has 0 bridgehead atoms. The minimum Gasteiger partial charge on any atom is -0.384 e. The molecular weight excluding hydrogens is 302 g/mol. The molecule has 6 heteroatoms. The summed E-state index contributed by atoms with van der Waals surface area (Å²) in [6.45, 7) is 8.57. The highest BCUT2D eigenvalue weighted by molar-refractivity contribution is 5.90. The Morgan fingerprint density at radius 1 is 1.21 bits per heavy atom. The molecule has 1 amide bonds. The molecule has 24 heavy (non-hydrogen) atoms. The summed E-state index contributed by atoms with van der Waals surface area (Å²) >= 11 is 0. The summed E-state index contributed by atoms with van der Waals surface area (Å²) in [6, 6.07) is 5.79. The summed E-state index contributed by atoms with van der Waals surface area (Å²) in [5.74, 6) is 0.427. The molecule has 1 aliphatic rings. The van der Waals surface area contributed by atoms with E-state index < -0.39 is 0 Å². The van der Waals surface area contributed by atoms with Crippen LogP contribution in [0.4, 0.5) is 5.69 Å². The van der Waals surface area contributed by atoms with Gasteiger partial charge in [0.05, 0.1) is 11.7 Å². The van der Waals surface area contributed by atoms with E-state index in [1.54, 1.807) is 0 Å². The maximum atomic E-state index is 12.3. The molecule has 0 radical (unpaired) electrons. The highest BCUT2D eigenvalue weighted by Gasteiger charge is 2.30. The van der Waals surface area contributed by atoms with Crippen LogP contribution in [0.15, 0.2) is 33.6 Å². The fourth-order valence-electron chi connectivity index (χ4n) is 3.04. The fraction of sp³-hybridized carbons (Fsp3) is 0.556. The zero-order valence-electron chi connectivity index (χ0n) is 15.0. The van der Waals surface area contributed by atoms with E-state index in [0.29, 0.717) is 5.84 Å². The Bertz CT molecular complexity index is 631. The van der Waals surface area contributed by atoms with Gasteiger partial charge in [-0.15, -0.1) is 10.2 Å². The molecule has 2 rings (SSSR count). The molecule has 1 aromatic rings. The third kappa shape index (κ3) is 4.63. The van der Waals surface area contributed by atoms with Gasteiger partial charge in [0.2, 0.25) is 5.91 Å². The molecule has 1 atom stereocenters. The van der Waals surface area contributed by atoms with Crippen molar-refractivity contribution in [3.05, 3.63) is 29.3 Å². The average molecular weight is 329 g/mol. The zero-order valence-corrected chi connectivity index (χ0v) is 15.0. The zero-order chi connectivity index (χ0) is 17.7. The summed E-state index contributed by atoms with van der Waals surface area (Å²) in [5, 5.41) is 12.1. The Labute approximate surface area is 143 Å². The summed E-state index contributed by atoms with van der Waals surface area (Å²) in [7, 11) is 0. The predicted octanol–water partition coefficient (Wildman–Crippen LogP) is 3.70. The van der Waals surface area contributed by atoms with Crippen LogP contribution >= 0.6 is 0 Å². The summed E-state index contributed by atoms with van der Waals surface area (Å²) in [6.07, 6.45) is 2.87. The van der Waals surface area contributed by atoms with Crippen molar-refractivity contribution in [2.75, 3.05) is 6.54 Å². The molecule has 2 N–H and O–H groups in total. The third-order valence-electron chi connectivity index (χ3n) is 4.15. The number of hydrogen-bond donors (Lipinski definition) is 1. The molecule has 1 unspecified atom stereocenters. The number of carbonyl (C=O) groups excluding carboxylic acids is 1. The molecule has 0 aromatic heterocycles. The standard InChI is InChI=1S/C18H27N5O/c1-12(2)18(24)23-8-6-5-7-16(23)17(19)21-22-20-15-10-13(3)9-14(4)11-15/h9-12,16H,5-8H2,1-4H3,(H2,19,20,21). The van der Waals surface area contributed by atoms with Crippen molar-refractivity contribution < 1.29 is 4.79 Å². The lowest BCUT2D eigenvalue weighted by Gasteiger charge is -2.36. The summed E-state index contributed by atoms with van der Waals surface area (Å²) in [5.41, 5.74) is 9.11. The highest BCUT2D eigenvalue weighted by atomic mass is 16.2. The van der Waals surface area contributed by atoms with Gasteiger partial charge in [-0.3, -0.25) is 4.79 Å². The Hall–Kier alpha value is -2.24. The van der Waals surface area contributed by atoms with Crippen molar-refractivity contribution in [1.29, 1.82) is 0 Å². The van der Waals surface area contributed by atoms with Gasteiger partial charge >= 0.3 is 0 Å². The molecule has 1 aromatic carbocycles. The lowest BCUT2D eigenvalue weighted by atomic mass is 9.99. The topological polar surface area (TPSA) is 83.4 Å². The molecule has 1 heterocycles. The van der Waals surface area contributed by atoms with E-state index in [9.17, 15) is 4.79 Å². The van der Waals surface area contributed by atoms with Gasteiger partial charge in [0.1, 0.15) is 5.84 Å². The van der Waals surface area contributed by atoms with Crippen LogP contribution in [0.2, 0.25) is 0 Å². The van der Waals surface area contributed by atoms with Crippen LogP contribution in [0, 0.1) is 19.8 Å². The Morgan fingerprint density at radius 2 is 1.88 bits per heavy atom. The van der Waals surface area contributed by atoms with E-state index in [4.69, 9.17) is 5.73 Å². The van der Waals surface area contributed by atoms with Crippen molar-refractivity contribution in [3.63, 3.8) is 0 Å². The van der Waals surface area contributed by atoms with Crippen molar-refractivity contribution in [2.24, 2.45) is 27.1 Å². The van der Waals surface area contributed by atoms with Crippen LogP contribution in [0.25, 0.3) is 0 Å². The van der Waals surface area contributed by atoms with Gasteiger partial charge in [-0.1, -0.05) is 19.9 Å². The summed E-state index contributed by atoms with van der Waals surface area (Å²) < 4.78 is 0. The van der Waals surface area contributed by atoms with Crippen molar-refractivity contribution in [2.45, 2.75) is 53.0 Å². The first kappa shape index (κ1) is 18.1.